The number of fused-ring (bicyclic) bond motifs is 1. The van der Waals surface area contributed by atoms with E-state index in [0.717, 1.165) is 30.7 Å². The van der Waals surface area contributed by atoms with E-state index in [1.54, 1.807) is 0 Å². The molecule has 1 aliphatic carbocycles. The number of hydrogen-bond donors (Lipinski definition) is 2. The van der Waals surface area contributed by atoms with E-state index in [2.05, 4.69) is 34.6 Å². The van der Waals surface area contributed by atoms with Crippen LogP contribution in [0.2, 0.25) is 0 Å². The molecule has 0 spiro atoms. The molecule has 20 heavy (non-hydrogen) atoms. The van der Waals surface area contributed by atoms with Crippen molar-refractivity contribution in [2.45, 2.75) is 32.7 Å². The van der Waals surface area contributed by atoms with Crippen molar-refractivity contribution in [1.82, 2.24) is 10.3 Å². The van der Waals surface area contributed by atoms with E-state index < -0.39 is 0 Å². The molecule has 0 unspecified atom stereocenters. The average molecular weight is 270 g/mol. The lowest BCUT2D eigenvalue weighted by molar-refractivity contribution is 0.245. The number of aliphatic hydroxyl groups is 1. The maximum absolute atomic E-state index is 9.10. The number of rotatable bonds is 6. The highest BCUT2D eigenvalue weighted by molar-refractivity contribution is 5.82. The summed E-state index contributed by atoms with van der Waals surface area (Å²) in [5.41, 5.74) is 3.82. The molecular weight excluding hydrogens is 248 g/mol. The monoisotopic (exact) mass is 270 g/mol. The van der Waals surface area contributed by atoms with E-state index in [-0.39, 0.29) is 0 Å². The number of pyridine rings is 1. The first-order valence-electron chi connectivity index (χ1n) is 7.39. The smallest absolute Gasteiger partial charge is 0.0708 e. The fourth-order valence-corrected chi connectivity index (χ4v) is 2.93. The molecule has 1 aliphatic rings. The van der Waals surface area contributed by atoms with E-state index >= 15 is 0 Å². The minimum Gasteiger partial charge on any atom is -0.396 e. The van der Waals surface area contributed by atoms with Gasteiger partial charge in [-0.1, -0.05) is 18.2 Å². The zero-order valence-corrected chi connectivity index (χ0v) is 12.0. The summed E-state index contributed by atoms with van der Waals surface area (Å²) in [6.45, 7) is 4.23. The third-order valence-electron chi connectivity index (χ3n) is 4.34. The Labute approximate surface area is 120 Å². The highest BCUT2D eigenvalue weighted by atomic mass is 16.3. The number of nitrogens with zero attached hydrogens (tertiary/aromatic N) is 1. The Kier molecular flexibility index (Phi) is 3.72. The standard InChI is InChI=1S/C17H22N2O/c1-13-10-14(15-4-2-3-5-16(15)19-13)11-18-12-17(6-7-17)8-9-20/h2-5,10,18,20H,6-9,11-12H2,1H3. The third-order valence-corrected chi connectivity index (χ3v) is 4.34. The Hall–Kier alpha value is -1.45. The van der Waals surface area contributed by atoms with Gasteiger partial charge in [0, 0.05) is 30.8 Å². The van der Waals surface area contributed by atoms with Gasteiger partial charge in [-0.3, -0.25) is 4.98 Å². The van der Waals surface area contributed by atoms with Gasteiger partial charge in [-0.15, -0.1) is 0 Å². The first-order chi connectivity index (χ1) is 9.72. The molecule has 0 aliphatic heterocycles. The zero-order chi connectivity index (χ0) is 14.0. The summed E-state index contributed by atoms with van der Waals surface area (Å²) in [6, 6.07) is 10.5. The quantitative estimate of drug-likeness (QED) is 0.848. The number of aromatic nitrogens is 1. The first kappa shape index (κ1) is 13.5. The van der Waals surface area contributed by atoms with Crippen LogP contribution in [-0.4, -0.2) is 23.2 Å². The fraction of sp³-hybridized carbons (Fsp3) is 0.471. The normalized spacial score (nSPS) is 16.5. The van der Waals surface area contributed by atoms with E-state index in [1.807, 2.05) is 13.0 Å². The lowest BCUT2D eigenvalue weighted by atomic mass is 10.0. The zero-order valence-electron chi connectivity index (χ0n) is 12.0. The van der Waals surface area contributed by atoms with Crippen LogP contribution in [0.5, 0.6) is 0 Å². The summed E-state index contributed by atoms with van der Waals surface area (Å²) >= 11 is 0. The highest BCUT2D eigenvalue weighted by Crippen LogP contribution is 2.47. The molecule has 106 valence electrons. The number of benzene rings is 1. The van der Waals surface area contributed by atoms with Crippen LogP contribution in [0.15, 0.2) is 30.3 Å². The molecule has 0 bridgehead atoms. The van der Waals surface area contributed by atoms with Gasteiger partial charge in [0.05, 0.1) is 5.52 Å². The van der Waals surface area contributed by atoms with Gasteiger partial charge in [0.2, 0.25) is 0 Å². The van der Waals surface area contributed by atoms with E-state index in [1.165, 1.54) is 23.8 Å². The van der Waals surface area contributed by atoms with Crippen LogP contribution < -0.4 is 5.32 Å². The number of aliphatic hydroxyl groups excluding tert-OH is 1. The number of aryl methyl sites for hydroxylation is 1. The number of hydrogen-bond acceptors (Lipinski definition) is 3. The molecule has 1 saturated carbocycles. The summed E-state index contributed by atoms with van der Waals surface area (Å²) in [5.74, 6) is 0. The first-order valence-corrected chi connectivity index (χ1v) is 7.39. The maximum Gasteiger partial charge on any atom is 0.0708 e. The van der Waals surface area contributed by atoms with Crippen molar-refractivity contribution in [2.24, 2.45) is 5.41 Å². The van der Waals surface area contributed by atoms with E-state index in [9.17, 15) is 0 Å². The second-order valence-electron chi connectivity index (χ2n) is 6.02. The van der Waals surface area contributed by atoms with Crippen molar-refractivity contribution in [3.63, 3.8) is 0 Å². The topological polar surface area (TPSA) is 45.1 Å². The Morgan fingerprint density at radius 1 is 1.30 bits per heavy atom. The van der Waals surface area contributed by atoms with Gasteiger partial charge in [-0.2, -0.15) is 0 Å². The molecule has 0 saturated heterocycles. The number of nitrogens with one attached hydrogen (secondary N) is 1. The molecule has 1 fully saturated rings. The molecular formula is C17H22N2O. The van der Waals surface area contributed by atoms with Crippen LogP contribution in [0, 0.1) is 12.3 Å². The van der Waals surface area contributed by atoms with Crippen LogP contribution >= 0.6 is 0 Å². The predicted octanol–water partition coefficient (Wildman–Crippen LogP) is 2.80. The molecule has 3 heteroatoms. The summed E-state index contributed by atoms with van der Waals surface area (Å²) in [4.78, 5) is 4.57. The van der Waals surface area contributed by atoms with E-state index in [0.29, 0.717) is 12.0 Å². The molecule has 2 aromatic rings. The van der Waals surface area contributed by atoms with Crippen molar-refractivity contribution < 1.29 is 5.11 Å². The molecule has 1 aromatic carbocycles. The summed E-state index contributed by atoms with van der Waals surface area (Å²) in [7, 11) is 0. The fourth-order valence-electron chi connectivity index (χ4n) is 2.93. The second kappa shape index (κ2) is 5.51. The largest absolute Gasteiger partial charge is 0.396 e. The average Bonchev–Trinajstić information content (AvgIpc) is 3.19. The molecule has 0 amide bonds. The summed E-state index contributed by atoms with van der Waals surface area (Å²) in [5, 5.41) is 13.9. The highest BCUT2D eigenvalue weighted by Gasteiger charge is 2.41. The second-order valence-corrected chi connectivity index (χ2v) is 6.02. The predicted molar refractivity (Wildman–Crippen MR) is 81.6 cm³/mol. The molecule has 3 rings (SSSR count). The minimum absolute atomic E-state index is 0.305. The van der Waals surface area contributed by atoms with Gasteiger partial charge in [0.25, 0.3) is 0 Å². The SMILES string of the molecule is Cc1cc(CNCC2(CCO)CC2)c2ccccc2n1. The third kappa shape index (κ3) is 2.84. The molecule has 0 atom stereocenters. The Morgan fingerprint density at radius 2 is 2.10 bits per heavy atom. The van der Waals surface area contributed by atoms with Gasteiger partial charge in [-0.05, 0) is 49.3 Å². The summed E-state index contributed by atoms with van der Waals surface area (Å²) in [6.07, 6.45) is 3.42. The van der Waals surface area contributed by atoms with Crippen LogP contribution in [0.4, 0.5) is 0 Å². The lowest BCUT2D eigenvalue weighted by Gasteiger charge is -2.15. The molecule has 3 nitrogen and oxygen atoms in total. The lowest BCUT2D eigenvalue weighted by Crippen LogP contribution is -2.24. The van der Waals surface area contributed by atoms with Crippen LogP contribution in [0.1, 0.15) is 30.5 Å². The maximum atomic E-state index is 9.10. The van der Waals surface area contributed by atoms with E-state index in [4.69, 9.17) is 5.11 Å². The summed E-state index contributed by atoms with van der Waals surface area (Å²) < 4.78 is 0. The van der Waals surface area contributed by atoms with Crippen molar-refractivity contribution in [1.29, 1.82) is 0 Å². The Bertz CT molecular complexity index is 605. The van der Waals surface area contributed by atoms with Crippen molar-refractivity contribution in [3.05, 3.63) is 41.6 Å². The van der Waals surface area contributed by atoms with Crippen LogP contribution in [0.25, 0.3) is 10.9 Å². The van der Waals surface area contributed by atoms with Crippen molar-refractivity contribution in [2.75, 3.05) is 13.2 Å². The van der Waals surface area contributed by atoms with Crippen molar-refractivity contribution >= 4 is 10.9 Å². The Morgan fingerprint density at radius 3 is 2.85 bits per heavy atom. The molecule has 0 radical (unpaired) electrons. The van der Waals surface area contributed by atoms with Gasteiger partial charge in [-0.25, -0.2) is 0 Å². The van der Waals surface area contributed by atoms with Crippen LogP contribution in [-0.2, 0) is 6.54 Å². The van der Waals surface area contributed by atoms with Gasteiger partial charge >= 0.3 is 0 Å². The van der Waals surface area contributed by atoms with Crippen molar-refractivity contribution in [3.8, 4) is 0 Å². The minimum atomic E-state index is 0.305. The van der Waals surface area contributed by atoms with Crippen LogP contribution in [0.3, 0.4) is 0 Å². The molecule has 1 heterocycles. The molecule has 1 aromatic heterocycles. The van der Waals surface area contributed by atoms with Gasteiger partial charge in [0.15, 0.2) is 0 Å². The van der Waals surface area contributed by atoms with Gasteiger partial charge in [0.1, 0.15) is 0 Å². The Balaban J connectivity index is 1.71. The van der Waals surface area contributed by atoms with Gasteiger partial charge < -0.3 is 10.4 Å². The number of para-hydroxylation sites is 1. The molecule has 2 N–H and O–H groups in total.